The summed E-state index contributed by atoms with van der Waals surface area (Å²) in [6.07, 6.45) is 1.44. The van der Waals surface area contributed by atoms with Crippen LogP contribution in [-0.2, 0) is 12.8 Å². The summed E-state index contributed by atoms with van der Waals surface area (Å²) in [6.45, 7) is 6.27. The Bertz CT molecular complexity index is 266. The van der Waals surface area contributed by atoms with E-state index in [2.05, 4.69) is 4.98 Å². The Kier molecular flexibility index (Phi) is 3.48. The van der Waals surface area contributed by atoms with Gasteiger partial charge in [-0.2, -0.15) is 0 Å². The molecule has 74 valence electrons. The van der Waals surface area contributed by atoms with Crippen molar-refractivity contribution < 1.29 is 9.52 Å². The van der Waals surface area contributed by atoms with Gasteiger partial charge in [0.25, 0.3) is 0 Å². The van der Waals surface area contributed by atoms with Gasteiger partial charge in [0.05, 0.1) is 5.69 Å². The standard InChI is InChI=1S/C10H17NO2/c1-4-9-8(5-6-12)11-10(13-9)7(2)3/h7,12H,4-6H2,1-3H3. The molecule has 0 radical (unpaired) electrons. The molecule has 1 N–H and O–H groups in total. The SMILES string of the molecule is CCc1oc(C(C)C)nc1CCO. The fourth-order valence-corrected chi connectivity index (χ4v) is 1.23. The lowest BCUT2D eigenvalue weighted by Gasteiger charge is -1.94. The van der Waals surface area contributed by atoms with Crippen LogP contribution in [0.5, 0.6) is 0 Å². The van der Waals surface area contributed by atoms with Gasteiger partial charge in [0.15, 0.2) is 5.89 Å². The number of oxazole rings is 1. The number of aliphatic hydroxyl groups is 1. The molecule has 0 aliphatic heterocycles. The highest BCUT2D eigenvalue weighted by Crippen LogP contribution is 2.18. The van der Waals surface area contributed by atoms with Crippen LogP contribution in [0.15, 0.2) is 4.42 Å². The maximum Gasteiger partial charge on any atom is 0.197 e. The average Bonchev–Trinajstić information content (AvgIpc) is 2.48. The first-order valence-electron chi connectivity index (χ1n) is 4.78. The van der Waals surface area contributed by atoms with Gasteiger partial charge in [-0.25, -0.2) is 4.98 Å². The zero-order valence-corrected chi connectivity index (χ0v) is 8.50. The van der Waals surface area contributed by atoms with Crippen LogP contribution >= 0.6 is 0 Å². The third kappa shape index (κ3) is 2.31. The highest BCUT2D eigenvalue weighted by Gasteiger charge is 2.13. The predicted octanol–water partition coefficient (Wildman–Crippen LogP) is 1.90. The summed E-state index contributed by atoms with van der Waals surface area (Å²) in [4.78, 5) is 4.34. The first kappa shape index (κ1) is 10.3. The summed E-state index contributed by atoms with van der Waals surface area (Å²) in [5.41, 5.74) is 0.911. The second-order valence-corrected chi connectivity index (χ2v) is 3.40. The largest absolute Gasteiger partial charge is 0.445 e. The Hall–Kier alpha value is -0.830. The second-order valence-electron chi connectivity index (χ2n) is 3.40. The fraction of sp³-hybridized carbons (Fsp3) is 0.700. The normalized spacial score (nSPS) is 11.2. The van der Waals surface area contributed by atoms with E-state index in [-0.39, 0.29) is 6.61 Å². The monoisotopic (exact) mass is 183 g/mol. The predicted molar refractivity (Wildman–Crippen MR) is 50.8 cm³/mol. The molecule has 0 saturated carbocycles. The molecule has 1 heterocycles. The number of hydrogen-bond acceptors (Lipinski definition) is 3. The number of rotatable bonds is 4. The lowest BCUT2D eigenvalue weighted by molar-refractivity contribution is 0.297. The molecule has 0 saturated heterocycles. The quantitative estimate of drug-likeness (QED) is 0.775. The van der Waals surface area contributed by atoms with Gasteiger partial charge < -0.3 is 9.52 Å². The minimum atomic E-state index is 0.136. The van der Waals surface area contributed by atoms with E-state index < -0.39 is 0 Å². The van der Waals surface area contributed by atoms with Crippen LogP contribution in [-0.4, -0.2) is 16.7 Å². The number of nitrogens with zero attached hydrogens (tertiary/aromatic N) is 1. The summed E-state index contributed by atoms with van der Waals surface area (Å²) >= 11 is 0. The molecule has 1 aromatic rings. The molecule has 3 heteroatoms. The Labute approximate surface area is 78.8 Å². The maximum atomic E-state index is 8.81. The van der Waals surface area contributed by atoms with E-state index in [9.17, 15) is 0 Å². The third-order valence-corrected chi connectivity index (χ3v) is 1.96. The summed E-state index contributed by atoms with van der Waals surface area (Å²) in [5, 5.41) is 8.81. The van der Waals surface area contributed by atoms with Crippen molar-refractivity contribution in [2.75, 3.05) is 6.61 Å². The summed E-state index contributed by atoms with van der Waals surface area (Å²) in [6, 6.07) is 0. The van der Waals surface area contributed by atoms with E-state index in [1.165, 1.54) is 0 Å². The van der Waals surface area contributed by atoms with E-state index in [4.69, 9.17) is 9.52 Å². The van der Waals surface area contributed by atoms with Gasteiger partial charge in [0.1, 0.15) is 5.76 Å². The van der Waals surface area contributed by atoms with Crippen LogP contribution in [0.25, 0.3) is 0 Å². The van der Waals surface area contributed by atoms with Crippen molar-refractivity contribution >= 4 is 0 Å². The molecule has 0 aromatic carbocycles. The van der Waals surface area contributed by atoms with E-state index in [1.54, 1.807) is 0 Å². The van der Waals surface area contributed by atoms with Crippen molar-refractivity contribution in [3.63, 3.8) is 0 Å². The number of aliphatic hydroxyl groups excluding tert-OH is 1. The molecule has 1 rings (SSSR count). The molecule has 0 bridgehead atoms. The minimum Gasteiger partial charge on any atom is -0.445 e. The molecule has 0 atom stereocenters. The topological polar surface area (TPSA) is 46.3 Å². The zero-order valence-electron chi connectivity index (χ0n) is 8.50. The Morgan fingerprint density at radius 1 is 1.46 bits per heavy atom. The molecule has 0 amide bonds. The number of aromatic nitrogens is 1. The van der Waals surface area contributed by atoms with Gasteiger partial charge >= 0.3 is 0 Å². The van der Waals surface area contributed by atoms with Gasteiger partial charge in [-0.3, -0.25) is 0 Å². The van der Waals surface area contributed by atoms with Gasteiger partial charge in [0.2, 0.25) is 0 Å². The zero-order chi connectivity index (χ0) is 9.84. The van der Waals surface area contributed by atoms with E-state index >= 15 is 0 Å². The molecule has 0 spiro atoms. The van der Waals surface area contributed by atoms with Crippen LogP contribution in [0.3, 0.4) is 0 Å². The summed E-state index contributed by atoms with van der Waals surface area (Å²) in [5.74, 6) is 2.01. The minimum absolute atomic E-state index is 0.136. The summed E-state index contributed by atoms with van der Waals surface area (Å²) < 4.78 is 5.56. The van der Waals surface area contributed by atoms with Crippen molar-refractivity contribution in [3.8, 4) is 0 Å². The lowest BCUT2D eigenvalue weighted by Crippen LogP contribution is -1.95. The molecule has 0 aliphatic rings. The van der Waals surface area contributed by atoms with Crippen molar-refractivity contribution in [2.45, 2.75) is 39.5 Å². The molecule has 13 heavy (non-hydrogen) atoms. The Morgan fingerprint density at radius 2 is 2.15 bits per heavy atom. The first-order valence-corrected chi connectivity index (χ1v) is 4.78. The maximum absolute atomic E-state index is 8.81. The molecule has 0 unspecified atom stereocenters. The smallest absolute Gasteiger partial charge is 0.197 e. The van der Waals surface area contributed by atoms with E-state index in [0.29, 0.717) is 12.3 Å². The van der Waals surface area contributed by atoms with Gasteiger partial charge in [0, 0.05) is 25.4 Å². The van der Waals surface area contributed by atoms with Crippen LogP contribution < -0.4 is 0 Å². The van der Waals surface area contributed by atoms with Crippen molar-refractivity contribution in [1.82, 2.24) is 4.98 Å². The molecular weight excluding hydrogens is 166 g/mol. The fourth-order valence-electron chi connectivity index (χ4n) is 1.23. The van der Waals surface area contributed by atoms with Crippen LogP contribution in [0, 0.1) is 0 Å². The number of hydrogen-bond donors (Lipinski definition) is 1. The van der Waals surface area contributed by atoms with E-state index in [1.807, 2.05) is 20.8 Å². The van der Waals surface area contributed by atoms with Gasteiger partial charge in [-0.1, -0.05) is 20.8 Å². The molecule has 0 aliphatic carbocycles. The highest BCUT2D eigenvalue weighted by atomic mass is 16.4. The van der Waals surface area contributed by atoms with Crippen molar-refractivity contribution in [3.05, 3.63) is 17.3 Å². The van der Waals surface area contributed by atoms with E-state index in [0.717, 1.165) is 23.8 Å². The average molecular weight is 183 g/mol. The van der Waals surface area contributed by atoms with Crippen LogP contribution in [0.2, 0.25) is 0 Å². The Balaban J connectivity index is 2.90. The summed E-state index contributed by atoms with van der Waals surface area (Å²) in [7, 11) is 0. The first-order chi connectivity index (χ1) is 6.19. The second kappa shape index (κ2) is 4.42. The van der Waals surface area contributed by atoms with Crippen molar-refractivity contribution in [1.29, 1.82) is 0 Å². The molecule has 0 fully saturated rings. The molecule has 1 aromatic heterocycles. The number of aryl methyl sites for hydroxylation is 1. The van der Waals surface area contributed by atoms with Gasteiger partial charge in [-0.15, -0.1) is 0 Å². The van der Waals surface area contributed by atoms with Crippen LogP contribution in [0.4, 0.5) is 0 Å². The molecular formula is C10H17NO2. The van der Waals surface area contributed by atoms with Crippen LogP contribution in [0.1, 0.15) is 44.0 Å². The van der Waals surface area contributed by atoms with Crippen molar-refractivity contribution in [2.24, 2.45) is 0 Å². The third-order valence-electron chi connectivity index (χ3n) is 1.96. The highest BCUT2D eigenvalue weighted by molar-refractivity contribution is 5.11. The van der Waals surface area contributed by atoms with Gasteiger partial charge in [-0.05, 0) is 0 Å². The lowest BCUT2D eigenvalue weighted by atomic mass is 10.2. The Morgan fingerprint density at radius 3 is 2.62 bits per heavy atom. The molecule has 3 nitrogen and oxygen atoms in total.